The lowest BCUT2D eigenvalue weighted by atomic mass is 9.95. The zero-order valence-electron chi connectivity index (χ0n) is 15.7. The fraction of sp³-hybridized carbons (Fsp3) is 0.0435. The number of carbonyl (C=O) groups is 2. The first-order valence-corrected chi connectivity index (χ1v) is 10.2. The minimum atomic E-state index is -1.02. The Balaban J connectivity index is 1.96. The molecule has 1 fully saturated rings. The summed E-state index contributed by atoms with van der Waals surface area (Å²) >= 11 is 18.1. The molecule has 3 aromatic carbocycles. The quantitative estimate of drug-likeness (QED) is 0.270. The van der Waals surface area contributed by atoms with Crippen LogP contribution in [-0.2, 0) is 9.59 Å². The highest BCUT2D eigenvalue weighted by Crippen LogP contribution is 2.43. The van der Waals surface area contributed by atoms with Crippen molar-refractivity contribution >= 4 is 57.9 Å². The first kappa shape index (κ1) is 21.4. The lowest BCUT2D eigenvalue weighted by Gasteiger charge is -2.25. The van der Waals surface area contributed by atoms with E-state index in [1.54, 1.807) is 18.2 Å². The zero-order chi connectivity index (χ0) is 22.3. The summed E-state index contributed by atoms with van der Waals surface area (Å²) in [4.78, 5) is 27.2. The van der Waals surface area contributed by atoms with Gasteiger partial charge in [-0.1, -0.05) is 59.1 Å². The monoisotopic (exact) mass is 475 g/mol. The van der Waals surface area contributed by atoms with E-state index >= 15 is 0 Å². The molecule has 1 atom stereocenters. The van der Waals surface area contributed by atoms with Gasteiger partial charge in [-0.2, -0.15) is 0 Å². The summed E-state index contributed by atoms with van der Waals surface area (Å²) in [5, 5.41) is 11.8. The minimum absolute atomic E-state index is 0.148. The molecule has 156 valence electrons. The maximum atomic E-state index is 13.6. The Labute approximate surface area is 192 Å². The van der Waals surface area contributed by atoms with Gasteiger partial charge >= 0.3 is 0 Å². The highest BCUT2D eigenvalue weighted by atomic mass is 35.5. The number of hydrogen-bond acceptors (Lipinski definition) is 3. The van der Waals surface area contributed by atoms with Crippen LogP contribution in [0.5, 0.6) is 0 Å². The lowest BCUT2D eigenvalue weighted by molar-refractivity contribution is -0.132. The molecule has 0 bridgehead atoms. The molecular formula is C23H13Cl3FNO3. The van der Waals surface area contributed by atoms with E-state index in [0.717, 1.165) is 0 Å². The van der Waals surface area contributed by atoms with Gasteiger partial charge in [0.05, 0.1) is 21.7 Å². The van der Waals surface area contributed by atoms with Crippen molar-refractivity contribution in [2.75, 3.05) is 4.90 Å². The molecule has 0 radical (unpaired) electrons. The number of rotatable bonds is 3. The summed E-state index contributed by atoms with van der Waals surface area (Å²) in [6.07, 6.45) is 0. The molecule has 4 rings (SSSR count). The van der Waals surface area contributed by atoms with E-state index in [-0.39, 0.29) is 21.2 Å². The largest absolute Gasteiger partial charge is 0.507 e. The average Bonchev–Trinajstić information content (AvgIpc) is 3.01. The van der Waals surface area contributed by atoms with Crippen LogP contribution in [0.15, 0.2) is 72.3 Å². The molecule has 1 heterocycles. The molecular weight excluding hydrogens is 464 g/mol. The van der Waals surface area contributed by atoms with E-state index in [1.807, 2.05) is 0 Å². The fourth-order valence-electron chi connectivity index (χ4n) is 3.49. The highest BCUT2D eigenvalue weighted by Gasteiger charge is 2.47. The summed E-state index contributed by atoms with van der Waals surface area (Å²) in [7, 11) is 0. The Hall–Kier alpha value is -2.86. The van der Waals surface area contributed by atoms with Crippen LogP contribution < -0.4 is 4.90 Å². The smallest absolute Gasteiger partial charge is 0.300 e. The molecule has 1 unspecified atom stereocenters. The molecule has 0 saturated carbocycles. The van der Waals surface area contributed by atoms with Gasteiger partial charge in [-0.15, -0.1) is 0 Å². The summed E-state index contributed by atoms with van der Waals surface area (Å²) in [6.45, 7) is 0. The second-order valence-electron chi connectivity index (χ2n) is 6.83. The lowest BCUT2D eigenvalue weighted by Crippen LogP contribution is -2.29. The zero-order valence-corrected chi connectivity index (χ0v) is 17.9. The van der Waals surface area contributed by atoms with Gasteiger partial charge in [-0.05, 0) is 48.0 Å². The van der Waals surface area contributed by atoms with Gasteiger partial charge in [-0.3, -0.25) is 14.5 Å². The first-order chi connectivity index (χ1) is 14.8. The number of amides is 1. The normalized spacial score (nSPS) is 17.9. The van der Waals surface area contributed by atoms with Gasteiger partial charge in [0.2, 0.25) is 0 Å². The molecule has 1 saturated heterocycles. The first-order valence-electron chi connectivity index (χ1n) is 9.05. The Morgan fingerprint density at radius 1 is 0.903 bits per heavy atom. The number of anilines is 1. The van der Waals surface area contributed by atoms with Crippen molar-refractivity contribution in [3.05, 3.63) is 104 Å². The summed E-state index contributed by atoms with van der Waals surface area (Å²) < 4.78 is 13.6. The molecule has 1 N–H and O–H groups in total. The Morgan fingerprint density at radius 3 is 2.26 bits per heavy atom. The van der Waals surface area contributed by atoms with Crippen LogP contribution >= 0.6 is 34.8 Å². The number of halogens is 4. The molecule has 31 heavy (non-hydrogen) atoms. The van der Waals surface area contributed by atoms with E-state index in [9.17, 15) is 19.1 Å². The van der Waals surface area contributed by atoms with Crippen molar-refractivity contribution in [1.29, 1.82) is 0 Å². The van der Waals surface area contributed by atoms with Crippen molar-refractivity contribution in [3.8, 4) is 0 Å². The van der Waals surface area contributed by atoms with Crippen LogP contribution in [0.25, 0.3) is 5.76 Å². The third-order valence-corrected chi connectivity index (χ3v) is 5.88. The number of carbonyl (C=O) groups excluding carboxylic acids is 2. The molecule has 1 aliphatic heterocycles. The molecule has 0 aliphatic carbocycles. The maximum absolute atomic E-state index is 13.6. The number of aliphatic hydroxyl groups excluding tert-OH is 1. The number of ketones is 1. The molecule has 0 spiro atoms. The predicted molar refractivity (Wildman–Crippen MR) is 119 cm³/mol. The second kappa shape index (κ2) is 8.35. The molecule has 1 amide bonds. The van der Waals surface area contributed by atoms with Gasteiger partial charge in [0.25, 0.3) is 11.7 Å². The van der Waals surface area contributed by atoms with Gasteiger partial charge in [0.1, 0.15) is 11.6 Å². The number of Topliss-reactive ketones (excluding diaryl/α,β-unsaturated/α-hetero) is 1. The number of hydrogen-bond donors (Lipinski definition) is 1. The van der Waals surface area contributed by atoms with Crippen LogP contribution in [0, 0.1) is 5.82 Å². The summed E-state index contributed by atoms with van der Waals surface area (Å²) in [5.74, 6) is -2.63. The van der Waals surface area contributed by atoms with Crippen molar-refractivity contribution in [1.82, 2.24) is 0 Å². The third-order valence-electron chi connectivity index (χ3n) is 4.91. The summed E-state index contributed by atoms with van der Waals surface area (Å²) in [6, 6.07) is 15.1. The van der Waals surface area contributed by atoms with E-state index in [2.05, 4.69) is 0 Å². The van der Waals surface area contributed by atoms with Crippen molar-refractivity contribution < 1.29 is 19.1 Å². The topological polar surface area (TPSA) is 57.6 Å². The van der Waals surface area contributed by atoms with Gasteiger partial charge in [-0.25, -0.2) is 4.39 Å². The minimum Gasteiger partial charge on any atom is -0.507 e. The Morgan fingerprint density at radius 2 is 1.61 bits per heavy atom. The Bertz CT molecular complexity index is 1240. The van der Waals surface area contributed by atoms with Crippen molar-refractivity contribution in [2.45, 2.75) is 6.04 Å². The van der Waals surface area contributed by atoms with Crippen LogP contribution in [0.1, 0.15) is 17.2 Å². The van der Waals surface area contributed by atoms with Crippen molar-refractivity contribution in [3.63, 3.8) is 0 Å². The van der Waals surface area contributed by atoms with E-state index < -0.39 is 29.3 Å². The van der Waals surface area contributed by atoms with Crippen LogP contribution in [-0.4, -0.2) is 16.8 Å². The highest BCUT2D eigenvalue weighted by molar-refractivity contribution is 6.52. The van der Waals surface area contributed by atoms with Crippen LogP contribution in [0.4, 0.5) is 10.1 Å². The predicted octanol–water partition coefficient (Wildman–Crippen LogP) is 6.41. The Kier molecular flexibility index (Phi) is 5.75. The second-order valence-corrected chi connectivity index (χ2v) is 8.08. The molecule has 4 nitrogen and oxygen atoms in total. The van der Waals surface area contributed by atoms with Crippen molar-refractivity contribution in [2.24, 2.45) is 0 Å². The fourth-order valence-corrected chi connectivity index (χ4v) is 3.97. The molecule has 8 heteroatoms. The van der Waals surface area contributed by atoms with Crippen LogP contribution in [0.3, 0.4) is 0 Å². The van der Waals surface area contributed by atoms with E-state index in [4.69, 9.17) is 34.8 Å². The van der Waals surface area contributed by atoms with E-state index in [0.29, 0.717) is 16.3 Å². The standard InChI is InChI=1S/C23H13Cl3FNO3/c24-14-3-1-2-13(10-14)21(29)19-20(12-4-6-15(27)7-5-12)28(23(31)22(19)30)16-8-9-17(25)18(26)11-16/h1-11,20,29H/b21-19+. The SMILES string of the molecule is O=C1C(=O)N(c2ccc(Cl)c(Cl)c2)C(c2ccc(F)cc2)/C1=C(\O)c1cccc(Cl)c1. The molecule has 0 aromatic heterocycles. The van der Waals surface area contributed by atoms with Gasteiger partial charge in [0, 0.05) is 16.3 Å². The van der Waals surface area contributed by atoms with Gasteiger partial charge in [0.15, 0.2) is 0 Å². The molecule has 3 aromatic rings. The number of nitrogens with zero attached hydrogens (tertiary/aromatic N) is 1. The average molecular weight is 477 g/mol. The molecule has 1 aliphatic rings. The maximum Gasteiger partial charge on any atom is 0.300 e. The third kappa shape index (κ3) is 3.92. The number of benzene rings is 3. The number of aliphatic hydroxyl groups is 1. The van der Waals surface area contributed by atoms with Crippen LogP contribution in [0.2, 0.25) is 15.1 Å². The summed E-state index contributed by atoms with van der Waals surface area (Å²) in [5.41, 5.74) is 0.850. The van der Waals surface area contributed by atoms with Gasteiger partial charge < -0.3 is 5.11 Å². The van der Waals surface area contributed by atoms with E-state index in [1.165, 1.54) is 53.4 Å².